The molecule has 0 spiro atoms. The van der Waals surface area contributed by atoms with Crippen LogP contribution in [0.2, 0.25) is 0 Å². The number of nitrogens with one attached hydrogen (secondary N) is 1. The van der Waals surface area contributed by atoms with Gasteiger partial charge in [-0.3, -0.25) is 5.32 Å². The predicted molar refractivity (Wildman–Crippen MR) is 104 cm³/mol. The van der Waals surface area contributed by atoms with Gasteiger partial charge in [0, 0.05) is 36.6 Å². The van der Waals surface area contributed by atoms with Crippen molar-refractivity contribution in [3.8, 4) is 11.4 Å². The van der Waals surface area contributed by atoms with Crippen LogP contribution < -0.4 is 10.2 Å². The SMILES string of the molecule is O=C(Nc1ccc(-c2noc(C(F)(F)F)n2)cn1)OCc1ccc(N2CCOCC2)nc1. The van der Waals surface area contributed by atoms with Gasteiger partial charge in [0.15, 0.2) is 0 Å². The normalized spacial score (nSPS) is 14.3. The third kappa shape index (κ3) is 5.29. The molecule has 1 aliphatic heterocycles. The number of pyridine rings is 2. The number of carbonyl (C=O) groups is 1. The summed E-state index contributed by atoms with van der Waals surface area (Å²) in [6.07, 6.45) is -2.65. The fourth-order valence-corrected chi connectivity index (χ4v) is 2.83. The lowest BCUT2D eigenvalue weighted by molar-refractivity contribution is -0.159. The number of ether oxygens (including phenoxy) is 2. The van der Waals surface area contributed by atoms with Gasteiger partial charge < -0.3 is 18.9 Å². The number of carbonyl (C=O) groups excluding carboxylic acids is 1. The molecule has 168 valence electrons. The maximum atomic E-state index is 12.5. The van der Waals surface area contributed by atoms with Crippen molar-refractivity contribution in [1.82, 2.24) is 20.1 Å². The Labute approximate surface area is 179 Å². The summed E-state index contributed by atoms with van der Waals surface area (Å²) in [5, 5.41) is 5.69. The van der Waals surface area contributed by atoms with Gasteiger partial charge in [-0.05, 0) is 18.2 Å². The molecule has 1 aliphatic rings. The number of rotatable bonds is 5. The average Bonchev–Trinajstić information content (AvgIpc) is 3.30. The minimum Gasteiger partial charge on any atom is -0.444 e. The quantitative estimate of drug-likeness (QED) is 0.626. The first-order valence-corrected chi connectivity index (χ1v) is 9.47. The van der Waals surface area contributed by atoms with E-state index in [1.165, 1.54) is 18.3 Å². The highest BCUT2D eigenvalue weighted by atomic mass is 19.4. The Kier molecular flexibility index (Phi) is 6.16. The largest absolute Gasteiger partial charge is 0.471 e. The van der Waals surface area contributed by atoms with Crippen molar-refractivity contribution in [3.05, 3.63) is 48.1 Å². The highest BCUT2D eigenvalue weighted by Gasteiger charge is 2.38. The molecule has 1 amide bonds. The number of nitrogens with zero attached hydrogens (tertiary/aromatic N) is 5. The van der Waals surface area contributed by atoms with Crippen molar-refractivity contribution in [2.75, 3.05) is 36.5 Å². The second kappa shape index (κ2) is 9.18. The van der Waals surface area contributed by atoms with Gasteiger partial charge in [0.2, 0.25) is 5.82 Å². The van der Waals surface area contributed by atoms with Crippen molar-refractivity contribution in [3.63, 3.8) is 0 Å². The molecule has 10 nitrogen and oxygen atoms in total. The van der Waals surface area contributed by atoms with Crippen molar-refractivity contribution in [2.45, 2.75) is 12.8 Å². The summed E-state index contributed by atoms with van der Waals surface area (Å²) in [6, 6.07) is 6.43. The van der Waals surface area contributed by atoms with E-state index in [0.29, 0.717) is 18.8 Å². The molecule has 0 bridgehead atoms. The van der Waals surface area contributed by atoms with E-state index in [1.807, 2.05) is 12.1 Å². The second-order valence-electron chi connectivity index (χ2n) is 6.68. The Hall–Kier alpha value is -3.74. The standard InChI is InChI=1S/C19H17F3N6O4/c20-19(21,22)17-26-16(27-32-17)13-2-3-14(23-10-13)25-18(29)31-11-12-1-4-15(24-9-12)28-5-7-30-8-6-28/h1-4,9-10H,5-8,11H2,(H,23,25,29). The lowest BCUT2D eigenvalue weighted by Gasteiger charge is -2.27. The monoisotopic (exact) mass is 450 g/mol. The maximum absolute atomic E-state index is 12.5. The molecule has 13 heteroatoms. The number of amides is 1. The molecule has 1 N–H and O–H groups in total. The summed E-state index contributed by atoms with van der Waals surface area (Å²) in [4.78, 5) is 25.7. The molecular formula is C19H17F3N6O4. The first-order chi connectivity index (χ1) is 15.4. The molecule has 0 atom stereocenters. The third-order valence-corrected chi connectivity index (χ3v) is 4.43. The van der Waals surface area contributed by atoms with Crippen LogP contribution in [0.4, 0.5) is 29.6 Å². The summed E-state index contributed by atoms with van der Waals surface area (Å²) in [6.45, 7) is 2.86. The summed E-state index contributed by atoms with van der Waals surface area (Å²) in [5.74, 6) is -0.758. The number of hydrogen-bond acceptors (Lipinski definition) is 9. The maximum Gasteiger partial charge on any atom is 0.471 e. The number of anilines is 2. The van der Waals surface area contributed by atoms with E-state index in [9.17, 15) is 18.0 Å². The van der Waals surface area contributed by atoms with E-state index in [1.54, 1.807) is 6.20 Å². The van der Waals surface area contributed by atoms with E-state index in [2.05, 4.69) is 34.8 Å². The fraction of sp³-hybridized carbons (Fsp3) is 0.316. The van der Waals surface area contributed by atoms with E-state index in [-0.39, 0.29) is 23.8 Å². The van der Waals surface area contributed by atoms with E-state index >= 15 is 0 Å². The summed E-state index contributed by atoms with van der Waals surface area (Å²) < 4.78 is 52.3. The number of morpholine rings is 1. The Balaban J connectivity index is 1.28. The lowest BCUT2D eigenvalue weighted by atomic mass is 10.2. The van der Waals surface area contributed by atoms with Crippen molar-refractivity contribution in [2.24, 2.45) is 0 Å². The van der Waals surface area contributed by atoms with Gasteiger partial charge in [-0.15, -0.1) is 0 Å². The zero-order chi connectivity index (χ0) is 22.6. The molecule has 3 aromatic rings. The minimum atomic E-state index is -4.73. The molecule has 1 fully saturated rings. The molecule has 0 unspecified atom stereocenters. The van der Waals surface area contributed by atoms with Gasteiger partial charge >= 0.3 is 18.2 Å². The highest BCUT2D eigenvalue weighted by molar-refractivity contribution is 5.83. The summed E-state index contributed by atoms with van der Waals surface area (Å²) >= 11 is 0. The van der Waals surface area contributed by atoms with Gasteiger partial charge in [0.05, 0.1) is 13.2 Å². The van der Waals surface area contributed by atoms with E-state index in [4.69, 9.17) is 9.47 Å². The molecule has 0 aromatic carbocycles. The van der Waals surface area contributed by atoms with Gasteiger partial charge in [-0.25, -0.2) is 14.8 Å². The van der Waals surface area contributed by atoms with Crippen LogP contribution in [0.25, 0.3) is 11.4 Å². The van der Waals surface area contributed by atoms with Crippen molar-refractivity contribution < 1.29 is 32.0 Å². The van der Waals surface area contributed by atoms with Crippen LogP contribution >= 0.6 is 0 Å². The van der Waals surface area contributed by atoms with E-state index in [0.717, 1.165) is 18.9 Å². The zero-order valence-corrected chi connectivity index (χ0v) is 16.5. The molecular weight excluding hydrogens is 433 g/mol. The first kappa shape index (κ1) is 21.5. The molecule has 3 aromatic heterocycles. The molecule has 1 saturated heterocycles. The van der Waals surface area contributed by atoms with Crippen LogP contribution in [0.15, 0.2) is 41.2 Å². The minimum absolute atomic E-state index is 0.00336. The van der Waals surface area contributed by atoms with Crippen LogP contribution in [0.1, 0.15) is 11.5 Å². The van der Waals surface area contributed by atoms with Crippen LogP contribution in [0.3, 0.4) is 0 Å². The topological polar surface area (TPSA) is 116 Å². The van der Waals surface area contributed by atoms with Crippen molar-refractivity contribution >= 4 is 17.7 Å². The second-order valence-corrected chi connectivity index (χ2v) is 6.68. The van der Waals surface area contributed by atoms with Gasteiger partial charge in [-0.1, -0.05) is 11.2 Å². The van der Waals surface area contributed by atoms with Gasteiger partial charge in [0.1, 0.15) is 18.2 Å². The molecule has 4 heterocycles. The van der Waals surface area contributed by atoms with Crippen LogP contribution in [0.5, 0.6) is 0 Å². The number of halogens is 3. The Bertz CT molecular complexity index is 1050. The van der Waals surface area contributed by atoms with Crippen LogP contribution in [0, 0.1) is 0 Å². The molecule has 4 rings (SSSR count). The van der Waals surface area contributed by atoms with Crippen LogP contribution in [-0.2, 0) is 22.3 Å². The van der Waals surface area contributed by atoms with Gasteiger partial charge in [-0.2, -0.15) is 18.2 Å². The predicted octanol–water partition coefficient (Wildman–Crippen LogP) is 3.13. The number of aromatic nitrogens is 4. The van der Waals surface area contributed by atoms with Gasteiger partial charge in [0.25, 0.3) is 0 Å². The Morgan fingerprint density at radius 1 is 1.12 bits per heavy atom. The van der Waals surface area contributed by atoms with Crippen molar-refractivity contribution in [1.29, 1.82) is 0 Å². The Morgan fingerprint density at radius 2 is 1.94 bits per heavy atom. The number of alkyl halides is 3. The average molecular weight is 450 g/mol. The summed E-state index contributed by atoms with van der Waals surface area (Å²) in [5.41, 5.74) is 0.896. The third-order valence-electron chi connectivity index (χ3n) is 4.43. The smallest absolute Gasteiger partial charge is 0.444 e. The molecule has 32 heavy (non-hydrogen) atoms. The van der Waals surface area contributed by atoms with Crippen LogP contribution in [-0.4, -0.2) is 52.5 Å². The van der Waals surface area contributed by atoms with E-state index < -0.39 is 18.2 Å². The fourth-order valence-electron chi connectivity index (χ4n) is 2.83. The highest BCUT2D eigenvalue weighted by Crippen LogP contribution is 2.29. The Morgan fingerprint density at radius 3 is 2.56 bits per heavy atom. The summed E-state index contributed by atoms with van der Waals surface area (Å²) in [7, 11) is 0. The first-order valence-electron chi connectivity index (χ1n) is 9.47. The number of hydrogen-bond donors (Lipinski definition) is 1. The lowest BCUT2D eigenvalue weighted by Crippen LogP contribution is -2.36. The molecule has 0 radical (unpaired) electrons. The zero-order valence-electron chi connectivity index (χ0n) is 16.5. The molecule has 0 aliphatic carbocycles. The molecule has 0 saturated carbocycles.